The van der Waals surface area contributed by atoms with Gasteiger partial charge < -0.3 is 4.74 Å². The van der Waals surface area contributed by atoms with Gasteiger partial charge >= 0.3 is 5.97 Å². The Balaban J connectivity index is 1.93. The first-order valence-corrected chi connectivity index (χ1v) is 6.46. The summed E-state index contributed by atoms with van der Waals surface area (Å²) in [5.74, 6) is 0.420. The Morgan fingerprint density at radius 3 is 2.47 bits per heavy atom. The second kappa shape index (κ2) is 6.19. The highest BCUT2D eigenvalue weighted by atomic mass is 16.5. The van der Waals surface area contributed by atoms with Crippen LogP contribution in [0.25, 0.3) is 6.08 Å². The average molecular weight is 254 g/mol. The Bertz CT molecular complexity index is 545. The van der Waals surface area contributed by atoms with Gasteiger partial charge in [0.25, 0.3) is 0 Å². The van der Waals surface area contributed by atoms with Crippen LogP contribution in [0.1, 0.15) is 30.9 Å². The summed E-state index contributed by atoms with van der Waals surface area (Å²) in [5.41, 5.74) is 3.51. The zero-order valence-electron chi connectivity index (χ0n) is 11.3. The van der Waals surface area contributed by atoms with Crippen molar-refractivity contribution in [2.75, 3.05) is 0 Å². The molecular weight excluding hydrogens is 236 g/mol. The van der Waals surface area contributed by atoms with Crippen molar-refractivity contribution in [1.82, 2.24) is 0 Å². The minimum Gasteiger partial charge on any atom is -0.428 e. The summed E-state index contributed by atoms with van der Waals surface area (Å²) in [6.07, 6.45) is 8.86. The maximum Gasteiger partial charge on any atom is 0.335 e. The van der Waals surface area contributed by atoms with Crippen molar-refractivity contribution < 1.29 is 9.53 Å². The first-order valence-electron chi connectivity index (χ1n) is 6.46. The van der Waals surface area contributed by atoms with Gasteiger partial charge in [-0.1, -0.05) is 41.5 Å². The van der Waals surface area contributed by atoms with Gasteiger partial charge in [0.2, 0.25) is 0 Å². The molecule has 1 aliphatic carbocycles. The van der Waals surface area contributed by atoms with Crippen molar-refractivity contribution in [3.8, 4) is 0 Å². The predicted molar refractivity (Wildman–Crippen MR) is 77.4 cm³/mol. The molecule has 0 amide bonds. The zero-order chi connectivity index (χ0) is 13.7. The van der Waals surface area contributed by atoms with Crippen LogP contribution in [0.4, 0.5) is 0 Å². The van der Waals surface area contributed by atoms with E-state index in [0.29, 0.717) is 0 Å². The van der Waals surface area contributed by atoms with E-state index in [0.717, 1.165) is 24.2 Å². The van der Waals surface area contributed by atoms with E-state index >= 15 is 0 Å². The van der Waals surface area contributed by atoms with Gasteiger partial charge in [0.05, 0.1) is 0 Å². The first-order chi connectivity index (χ1) is 9.13. The molecule has 1 aliphatic rings. The number of hydrogen-bond donors (Lipinski definition) is 0. The second-order valence-electron chi connectivity index (χ2n) is 4.81. The Morgan fingerprint density at radius 1 is 1.11 bits per heavy atom. The number of carbonyl (C=O) groups is 1. The summed E-state index contributed by atoms with van der Waals surface area (Å²) in [7, 11) is 0. The van der Waals surface area contributed by atoms with E-state index in [2.05, 4.69) is 6.92 Å². The lowest BCUT2D eigenvalue weighted by Gasteiger charge is -2.10. The largest absolute Gasteiger partial charge is 0.428 e. The Labute approximate surface area is 114 Å². The number of hydrogen-bond acceptors (Lipinski definition) is 2. The van der Waals surface area contributed by atoms with Crippen molar-refractivity contribution in [2.24, 2.45) is 0 Å². The van der Waals surface area contributed by atoms with Crippen LogP contribution in [0.3, 0.4) is 0 Å². The van der Waals surface area contributed by atoms with E-state index in [4.69, 9.17) is 4.74 Å². The van der Waals surface area contributed by atoms with Gasteiger partial charge in [-0.2, -0.15) is 0 Å². The standard InChI is InChI=1S/C17H18O2/c1-13-3-7-15(8-4-13)9-12-17(18)19-16-10-5-14(2)6-11-16/h3-5,7-10,12H,6,11H2,1-2H3/b12-9+. The van der Waals surface area contributed by atoms with Gasteiger partial charge in [0.15, 0.2) is 0 Å². The molecule has 0 N–H and O–H groups in total. The van der Waals surface area contributed by atoms with Crippen LogP contribution in [-0.2, 0) is 9.53 Å². The maximum absolute atomic E-state index is 11.7. The quantitative estimate of drug-likeness (QED) is 0.597. The van der Waals surface area contributed by atoms with Crippen LogP contribution in [0.15, 0.2) is 53.8 Å². The Hall–Kier alpha value is -2.09. The summed E-state index contributed by atoms with van der Waals surface area (Å²) in [4.78, 5) is 11.7. The van der Waals surface area contributed by atoms with Crippen molar-refractivity contribution in [3.63, 3.8) is 0 Å². The van der Waals surface area contributed by atoms with Gasteiger partial charge in [-0.05, 0) is 38.0 Å². The van der Waals surface area contributed by atoms with Crippen LogP contribution in [-0.4, -0.2) is 5.97 Å². The van der Waals surface area contributed by atoms with Crippen molar-refractivity contribution in [3.05, 3.63) is 65.0 Å². The molecule has 0 aliphatic heterocycles. The lowest BCUT2D eigenvalue weighted by atomic mass is 10.1. The van der Waals surface area contributed by atoms with Crippen molar-refractivity contribution in [1.29, 1.82) is 0 Å². The summed E-state index contributed by atoms with van der Waals surface area (Å²) in [6.45, 7) is 4.11. The minimum atomic E-state index is -0.320. The zero-order valence-corrected chi connectivity index (χ0v) is 11.3. The minimum absolute atomic E-state index is 0.320. The Kier molecular flexibility index (Phi) is 4.35. The molecule has 0 heterocycles. The molecule has 0 unspecified atom stereocenters. The average Bonchev–Trinajstić information content (AvgIpc) is 2.41. The fourth-order valence-corrected chi connectivity index (χ4v) is 1.81. The van der Waals surface area contributed by atoms with Gasteiger partial charge in [0.1, 0.15) is 5.76 Å². The van der Waals surface area contributed by atoms with E-state index in [1.807, 2.05) is 43.3 Å². The SMILES string of the molecule is CC1=CC=C(OC(=O)/C=C/c2ccc(C)cc2)CC1. The molecule has 0 radical (unpaired) electrons. The van der Waals surface area contributed by atoms with Gasteiger partial charge in [-0.15, -0.1) is 0 Å². The number of aryl methyl sites for hydroxylation is 1. The number of carbonyl (C=O) groups excluding carboxylic acids is 1. The highest BCUT2D eigenvalue weighted by Crippen LogP contribution is 2.18. The van der Waals surface area contributed by atoms with E-state index in [1.165, 1.54) is 17.2 Å². The van der Waals surface area contributed by atoms with Gasteiger partial charge in [-0.25, -0.2) is 4.79 Å². The van der Waals surface area contributed by atoms with Crippen molar-refractivity contribution >= 4 is 12.0 Å². The van der Waals surface area contributed by atoms with Gasteiger partial charge in [0, 0.05) is 12.5 Å². The number of ether oxygens (including phenoxy) is 1. The summed E-state index contributed by atoms with van der Waals surface area (Å²) in [6, 6.07) is 7.99. The van der Waals surface area contributed by atoms with E-state index in [1.54, 1.807) is 6.08 Å². The molecule has 1 aromatic rings. The van der Waals surface area contributed by atoms with Crippen molar-refractivity contribution in [2.45, 2.75) is 26.7 Å². The molecule has 0 bridgehead atoms. The molecule has 0 fully saturated rings. The maximum atomic E-state index is 11.7. The predicted octanol–water partition coefficient (Wildman–Crippen LogP) is 4.18. The molecule has 19 heavy (non-hydrogen) atoms. The molecule has 2 rings (SSSR count). The normalized spacial score (nSPS) is 15.1. The lowest BCUT2D eigenvalue weighted by molar-refractivity contribution is -0.133. The molecule has 1 aromatic carbocycles. The van der Waals surface area contributed by atoms with E-state index < -0.39 is 0 Å². The summed E-state index contributed by atoms with van der Waals surface area (Å²) < 4.78 is 5.28. The number of esters is 1. The second-order valence-corrected chi connectivity index (χ2v) is 4.81. The molecule has 0 saturated heterocycles. The molecule has 2 nitrogen and oxygen atoms in total. The third kappa shape index (κ3) is 4.25. The fourth-order valence-electron chi connectivity index (χ4n) is 1.81. The van der Waals surface area contributed by atoms with Crippen LogP contribution in [0.5, 0.6) is 0 Å². The summed E-state index contributed by atoms with van der Waals surface area (Å²) in [5, 5.41) is 0. The fraction of sp³-hybridized carbons (Fsp3) is 0.235. The third-order valence-corrected chi connectivity index (χ3v) is 3.04. The molecule has 0 saturated carbocycles. The molecule has 0 aromatic heterocycles. The summed E-state index contributed by atoms with van der Waals surface area (Å²) >= 11 is 0. The first kappa shape index (κ1) is 13.3. The van der Waals surface area contributed by atoms with Crippen LogP contribution >= 0.6 is 0 Å². The number of allylic oxidation sites excluding steroid dienone is 4. The molecule has 0 atom stereocenters. The highest BCUT2D eigenvalue weighted by molar-refractivity contribution is 5.87. The number of benzene rings is 1. The van der Waals surface area contributed by atoms with Crippen LogP contribution in [0, 0.1) is 6.92 Å². The topological polar surface area (TPSA) is 26.3 Å². The third-order valence-electron chi connectivity index (χ3n) is 3.04. The molecule has 98 valence electrons. The van der Waals surface area contributed by atoms with E-state index in [9.17, 15) is 4.79 Å². The molecular formula is C17H18O2. The lowest BCUT2D eigenvalue weighted by Crippen LogP contribution is -2.02. The van der Waals surface area contributed by atoms with Crippen LogP contribution < -0.4 is 0 Å². The van der Waals surface area contributed by atoms with E-state index in [-0.39, 0.29) is 5.97 Å². The number of rotatable bonds is 3. The van der Waals surface area contributed by atoms with Crippen LogP contribution in [0.2, 0.25) is 0 Å². The molecule has 2 heteroatoms. The monoisotopic (exact) mass is 254 g/mol. The highest BCUT2D eigenvalue weighted by Gasteiger charge is 2.07. The Morgan fingerprint density at radius 2 is 1.84 bits per heavy atom. The smallest absolute Gasteiger partial charge is 0.335 e. The molecule has 0 spiro atoms. The van der Waals surface area contributed by atoms with Gasteiger partial charge in [-0.3, -0.25) is 0 Å².